The molecule has 0 bridgehead atoms. The van der Waals surface area contributed by atoms with Crippen molar-refractivity contribution in [2.45, 2.75) is 20.8 Å². The molecule has 24 heavy (non-hydrogen) atoms. The molecule has 0 fully saturated rings. The molecule has 0 aromatic heterocycles. The molecule has 0 saturated heterocycles. The van der Waals surface area contributed by atoms with E-state index in [-0.39, 0.29) is 12.5 Å². The summed E-state index contributed by atoms with van der Waals surface area (Å²) in [6.45, 7) is 6.08. The maximum absolute atomic E-state index is 12.1. The van der Waals surface area contributed by atoms with Crippen LogP contribution in [0.4, 0.5) is 11.4 Å². The monoisotopic (exact) mass is 326 g/mol. The average molecular weight is 326 g/mol. The van der Waals surface area contributed by atoms with Gasteiger partial charge in [-0.2, -0.15) is 0 Å². The van der Waals surface area contributed by atoms with Crippen molar-refractivity contribution in [1.29, 1.82) is 0 Å². The van der Waals surface area contributed by atoms with Crippen LogP contribution in [0.3, 0.4) is 0 Å². The molecule has 0 saturated carbocycles. The van der Waals surface area contributed by atoms with E-state index in [4.69, 9.17) is 4.74 Å². The molecular formula is C19H22N2O3. The maximum atomic E-state index is 12.1. The Morgan fingerprint density at radius 3 is 2.50 bits per heavy atom. The quantitative estimate of drug-likeness (QED) is 0.797. The Balaban J connectivity index is 2.00. The minimum Gasteiger partial charge on any atom is -0.462 e. The van der Waals surface area contributed by atoms with Crippen molar-refractivity contribution < 1.29 is 14.3 Å². The van der Waals surface area contributed by atoms with E-state index in [0.29, 0.717) is 17.9 Å². The van der Waals surface area contributed by atoms with Gasteiger partial charge in [0.05, 0.1) is 18.7 Å². The van der Waals surface area contributed by atoms with E-state index in [1.807, 2.05) is 32.0 Å². The van der Waals surface area contributed by atoms with Gasteiger partial charge in [0, 0.05) is 11.4 Å². The largest absolute Gasteiger partial charge is 0.462 e. The zero-order valence-electron chi connectivity index (χ0n) is 14.2. The Morgan fingerprint density at radius 1 is 1.04 bits per heavy atom. The van der Waals surface area contributed by atoms with Crippen molar-refractivity contribution >= 4 is 23.3 Å². The predicted molar refractivity (Wildman–Crippen MR) is 95.4 cm³/mol. The highest BCUT2D eigenvalue weighted by atomic mass is 16.5. The van der Waals surface area contributed by atoms with Crippen molar-refractivity contribution in [1.82, 2.24) is 0 Å². The number of carbonyl (C=O) groups is 2. The number of hydrogen-bond acceptors (Lipinski definition) is 4. The third kappa shape index (κ3) is 4.59. The minimum absolute atomic E-state index is 0.0593. The summed E-state index contributed by atoms with van der Waals surface area (Å²) in [7, 11) is 0. The fourth-order valence-electron chi connectivity index (χ4n) is 2.35. The van der Waals surface area contributed by atoms with Gasteiger partial charge in [-0.25, -0.2) is 4.79 Å². The SMILES string of the molecule is CCOC(=O)c1ccccc1NCC(=O)Nc1ccc(C)cc1C. The number of anilines is 2. The van der Waals surface area contributed by atoms with Gasteiger partial charge >= 0.3 is 5.97 Å². The lowest BCUT2D eigenvalue weighted by Gasteiger charge is -2.12. The molecule has 2 N–H and O–H groups in total. The van der Waals surface area contributed by atoms with Gasteiger partial charge in [-0.1, -0.05) is 29.8 Å². The van der Waals surface area contributed by atoms with Crippen LogP contribution in [0.1, 0.15) is 28.4 Å². The normalized spacial score (nSPS) is 10.1. The van der Waals surface area contributed by atoms with Gasteiger partial charge in [-0.05, 0) is 44.5 Å². The van der Waals surface area contributed by atoms with Crippen LogP contribution in [0, 0.1) is 13.8 Å². The van der Waals surface area contributed by atoms with Crippen LogP contribution in [0.5, 0.6) is 0 Å². The summed E-state index contributed by atoms with van der Waals surface area (Å²) in [5.41, 5.74) is 3.93. The molecule has 0 aliphatic heterocycles. The number of benzene rings is 2. The molecule has 0 atom stereocenters. The molecular weight excluding hydrogens is 304 g/mol. The Bertz CT molecular complexity index is 741. The van der Waals surface area contributed by atoms with E-state index < -0.39 is 5.97 Å². The van der Waals surface area contributed by atoms with Crippen molar-refractivity contribution in [3.05, 3.63) is 59.2 Å². The van der Waals surface area contributed by atoms with Crippen LogP contribution in [0.25, 0.3) is 0 Å². The first-order valence-electron chi connectivity index (χ1n) is 7.88. The van der Waals surface area contributed by atoms with Crippen molar-refractivity contribution in [3.8, 4) is 0 Å². The Hall–Kier alpha value is -2.82. The highest BCUT2D eigenvalue weighted by Crippen LogP contribution is 2.17. The van der Waals surface area contributed by atoms with Gasteiger partial charge in [0.15, 0.2) is 0 Å². The summed E-state index contributed by atoms with van der Waals surface area (Å²) in [5.74, 6) is -0.587. The molecule has 0 heterocycles. The third-order valence-corrected chi connectivity index (χ3v) is 3.52. The van der Waals surface area contributed by atoms with Crippen LogP contribution in [0.15, 0.2) is 42.5 Å². The van der Waals surface area contributed by atoms with E-state index in [1.165, 1.54) is 0 Å². The van der Waals surface area contributed by atoms with E-state index in [9.17, 15) is 9.59 Å². The average Bonchev–Trinajstić information content (AvgIpc) is 2.56. The minimum atomic E-state index is -0.407. The molecule has 2 aromatic carbocycles. The van der Waals surface area contributed by atoms with Crippen molar-refractivity contribution in [2.24, 2.45) is 0 Å². The highest BCUT2D eigenvalue weighted by molar-refractivity contribution is 5.98. The van der Waals surface area contributed by atoms with E-state index >= 15 is 0 Å². The lowest BCUT2D eigenvalue weighted by atomic mass is 10.1. The Kier molecular flexibility index (Phi) is 5.95. The molecule has 5 heteroatoms. The molecule has 2 aromatic rings. The molecule has 5 nitrogen and oxygen atoms in total. The van der Waals surface area contributed by atoms with Gasteiger partial charge in [0.25, 0.3) is 0 Å². The number of nitrogens with one attached hydrogen (secondary N) is 2. The number of para-hydroxylation sites is 1. The van der Waals surface area contributed by atoms with E-state index in [2.05, 4.69) is 10.6 Å². The van der Waals surface area contributed by atoms with Gasteiger partial charge in [0.1, 0.15) is 0 Å². The standard InChI is InChI=1S/C19H22N2O3/c1-4-24-19(23)15-7-5-6-8-17(15)20-12-18(22)21-16-10-9-13(2)11-14(16)3/h5-11,20H,4,12H2,1-3H3,(H,21,22). The Labute approximate surface area is 142 Å². The summed E-state index contributed by atoms with van der Waals surface area (Å²) in [6.07, 6.45) is 0. The molecule has 1 amide bonds. The first-order chi connectivity index (χ1) is 11.5. The van der Waals surface area contributed by atoms with Crippen LogP contribution < -0.4 is 10.6 Å². The topological polar surface area (TPSA) is 67.4 Å². The number of rotatable bonds is 6. The van der Waals surface area contributed by atoms with Crippen LogP contribution in [-0.2, 0) is 9.53 Å². The number of aryl methyl sites for hydroxylation is 2. The van der Waals surface area contributed by atoms with Crippen molar-refractivity contribution in [3.63, 3.8) is 0 Å². The second-order valence-corrected chi connectivity index (χ2v) is 5.49. The first-order valence-corrected chi connectivity index (χ1v) is 7.88. The van der Waals surface area contributed by atoms with Crippen LogP contribution in [-0.4, -0.2) is 25.0 Å². The van der Waals surface area contributed by atoms with E-state index in [1.54, 1.807) is 31.2 Å². The summed E-state index contributed by atoms with van der Waals surface area (Å²) < 4.78 is 5.02. The summed E-state index contributed by atoms with van der Waals surface area (Å²) in [4.78, 5) is 24.1. The smallest absolute Gasteiger partial charge is 0.340 e. The zero-order valence-corrected chi connectivity index (χ0v) is 14.2. The molecule has 0 spiro atoms. The molecule has 126 valence electrons. The molecule has 0 radical (unpaired) electrons. The summed E-state index contributed by atoms with van der Waals surface area (Å²) in [5, 5.41) is 5.85. The van der Waals surface area contributed by atoms with Gasteiger partial charge in [-0.3, -0.25) is 4.79 Å². The van der Waals surface area contributed by atoms with Crippen LogP contribution in [0.2, 0.25) is 0 Å². The highest BCUT2D eigenvalue weighted by Gasteiger charge is 2.12. The lowest BCUT2D eigenvalue weighted by molar-refractivity contribution is -0.114. The molecule has 0 aliphatic carbocycles. The van der Waals surface area contributed by atoms with Gasteiger partial charge < -0.3 is 15.4 Å². The van der Waals surface area contributed by atoms with Gasteiger partial charge in [0.2, 0.25) is 5.91 Å². The number of hydrogen-bond donors (Lipinski definition) is 2. The summed E-state index contributed by atoms with van der Waals surface area (Å²) in [6, 6.07) is 12.8. The molecule has 2 rings (SSSR count). The number of carbonyl (C=O) groups excluding carboxylic acids is 2. The lowest BCUT2D eigenvalue weighted by Crippen LogP contribution is -2.23. The number of esters is 1. The third-order valence-electron chi connectivity index (χ3n) is 3.52. The summed E-state index contributed by atoms with van der Waals surface area (Å²) >= 11 is 0. The van der Waals surface area contributed by atoms with Gasteiger partial charge in [-0.15, -0.1) is 0 Å². The Morgan fingerprint density at radius 2 is 1.79 bits per heavy atom. The van der Waals surface area contributed by atoms with E-state index in [0.717, 1.165) is 16.8 Å². The fraction of sp³-hybridized carbons (Fsp3) is 0.263. The second kappa shape index (κ2) is 8.15. The second-order valence-electron chi connectivity index (χ2n) is 5.49. The molecule has 0 unspecified atom stereocenters. The maximum Gasteiger partial charge on any atom is 0.340 e. The van der Waals surface area contributed by atoms with Crippen LogP contribution >= 0.6 is 0 Å². The fourth-order valence-corrected chi connectivity index (χ4v) is 2.35. The van der Waals surface area contributed by atoms with Crippen molar-refractivity contribution in [2.75, 3.05) is 23.8 Å². The molecule has 0 aliphatic rings. The zero-order chi connectivity index (χ0) is 17.5. The first kappa shape index (κ1) is 17.5. The number of amides is 1. The number of ether oxygens (including phenoxy) is 1. The predicted octanol–water partition coefficient (Wildman–Crippen LogP) is 3.53.